The number of benzene rings is 2. The molecular weight excluding hydrogens is 392 g/mol. The van der Waals surface area contributed by atoms with Gasteiger partial charge in [-0.15, -0.1) is 0 Å². The number of rotatable bonds is 4. The third-order valence-electron chi connectivity index (χ3n) is 5.72. The molecule has 4 aromatic rings. The number of aryl methyl sites for hydroxylation is 1. The Kier molecular flexibility index (Phi) is 4.94. The van der Waals surface area contributed by atoms with Crippen LogP contribution in [0.1, 0.15) is 25.1 Å². The van der Waals surface area contributed by atoms with Gasteiger partial charge < -0.3 is 0 Å². The van der Waals surface area contributed by atoms with Gasteiger partial charge in [-0.3, -0.25) is 9.97 Å². The summed E-state index contributed by atoms with van der Waals surface area (Å²) < 4.78 is 24.1. The predicted octanol–water partition coefficient (Wildman–Crippen LogP) is 5.55. The topological polar surface area (TPSA) is 59.9 Å². The summed E-state index contributed by atoms with van der Waals surface area (Å²) in [4.78, 5) is 8.89. The van der Waals surface area contributed by atoms with E-state index in [1.54, 1.807) is 20.0 Å². The van der Waals surface area contributed by atoms with E-state index in [0.29, 0.717) is 5.56 Å². The predicted molar refractivity (Wildman–Crippen MR) is 123 cm³/mol. The third-order valence-corrected chi connectivity index (χ3v) is 7.79. The number of pyridine rings is 2. The second kappa shape index (κ2) is 7.33. The van der Waals surface area contributed by atoms with E-state index in [2.05, 4.69) is 34.2 Å². The molecule has 2 aromatic heterocycles. The van der Waals surface area contributed by atoms with Gasteiger partial charge in [-0.2, -0.15) is 0 Å². The molecule has 0 bridgehead atoms. The number of sulfone groups is 1. The molecule has 0 spiro atoms. The average molecular weight is 417 g/mol. The molecule has 152 valence electrons. The first-order chi connectivity index (χ1) is 14.2. The summed E-state index contributed by atoms with van der Waals surface area (Å²) in [6.45, 7) is 5.45. The average Bonchev–Trinajstić information content (AvgIpc) is 2.72. The summed E-state index contributed by atoms with van der Waals surface area (Å²) in [5.41, 5.74) is 6.49. The number of hydrogen-bond acceptors (Lipinski definition) is 4. The summed E-state index contributed by atoms with van der Waals surface area (Å²) >= 11 is 0. The molecule has 0 saturated carbocycles. The largest absolute Gasteiger partial charge is 0.261 e. The van der Waals surface area contributed by atoms with Crippen LogP contribution in [0.2, 0.25) is 0 Å². The van der Waals surface area contributed by atoms with Crippen LogP contribution in [0.15, 0.2) is 73.1 Å². The lowest BCUT2D eigenvalue weighted by Crippen LogP contribution is -2.28. The van der Waals surface area contributed by atoms with Crippen molar-refractivity contribution >= 4 is 20.7 Å². The van der Waals surface area contributed by atoms with Crippen molar-refractivity contribution in [2.75, 3.05) is 6.26 Å². The van der Waals surface area contributed by atoms with E-state index in [1.165, 1.54) is 6.26 Å². The van der Waals surface area contributed by atoms with Crippen LogP contribution in [0.5, 0.6) is 0 Å². The Morgan fingerprint density at radius 2 is 1.53 bits per heavy atom. The van der Waals surface area contributed by atoms with Crippen LogP contribution in [0.4, 0.5) is 0 Å². The molecule has 0 atom stereocenters. The molecule has 0 unspecified atom stereocenters. The maximum Gasteiger partial charge on any atom is 0.156 e. The fourth-order valence-corrected chi connectivity index (χ4v) is 4.09. The lowest BCUT2D eigenvalue weighted by molar-refractivity contribution is 0.562. The maximum absolute atomic E-state index is 12.6. The van der Waals surface area contributed by atoms with Gasteiger partial charge in [0.2, 0.25) is 0 Å². The Morgan fingerprint density at radius 1 is 0.800 bits per heavy atom. The molecular formula is C25H24N2O2S. The molecule has 4 nitrogen and oxygen atoms in total. The van der Waals surface area contributed by atoms with Gasteiger partial charge in [-0.25, -0.2) is 8.42 Å². The highest BCUT2D eigenvalue weighted by atomic mass is 32.2. The van der Waals surface area contributed by atoms with Gasteiger partial charge in [0.1, 0.15) is 0 Å². The van der Waals surface area contributed by atoms with E-state index in [1.807, 2.05) is 49.5 Å². The Balaban J connectivity index is 1.92. The lowest BCUT2D eigenvalue weighted by atomic mass is 9.92. The highest BCUT2D eigenvalue weighted by Gasteiger charge is 2.34. The van der Waals surface area contributed by atoms with Crippen molar-refractivity contribution in [3.05, 3.63) is 84.3 Å². The second-order valence-corrected chi connectivity index (χ2v) is 10.7. The van der Waals surface area contributed by atoms with Crippen LogP contribution in [0, 0.1) is 6.92 Å². The molecule has 0 N–H and O–H groups in total. The van der Waals surface area contributed by atoms with Crippen molar-refractivity contribution in [3.8, 4) is 22.3 Å². The normalized spacial score (nSPS) is 12.3. The quantitative estimate of drug-likeness (QED) is 0.437. The summed E-state index contributed by atoms with van der Waals surface area (Å²) in [6, 6.07) is 20.2. The van der Waals surface area contributed by atoms with E-state index in [0.717, 1.165) is 38.9 Å². The zero-order chi connectivity index (χ0) is 21.5. The Morgan fingerprint density at radius 3 is 2.20 bits per heavy atom. The highest BCUT2D eigenvalue weighted by Crippen LogP contribution is 2.37. The van der Waals surface area contributed by atoms with E-state index >= 15 is 0 Å². The maximum atomic E-state index is 12.6. The van der Waals surface area contributed by atoms with Crippen LogP contribution in [0.25, 0.3) is 33.2 Å². The van der Waals surface area contributed by atoms with Crippen molar-refractivity contribution in [2.24, 2.45) is 0 Å². The summed E-state index contributed by atoms with van der Waals surface area (Å²) in [7, 11) is -3.35. The van der Waals surface area contributed by atoms with Crippen molar-refractivity contribution < 1.29 is 8.42 Å². The van der Waals surface area contributed by atoms with Gasteiger partial charge in [0, 0.05) is 35.3 Å². The van der Waals surface area contributed by atoms with E-state index in [9.17, 15) is 8.42 Å². The summed E-state index contributed by atoms with van der Waals surface area (Å²) in [5.74, 6) is 0. The molecule has 2 heterocycles. The molecule has 4 rings (SSSR count). The van der Waals surface area contributed by atoms with Crippen LogP contribution in [-0.4, -0.2) is 24.6 Å². The first-order valence-corrected chi connectivity index (χ1v) is 11.7. The molecule has 0 radical (unpaired) electrons. The first kappa shape index (κ1) is 20.2. The monoisotopic (exact) mass is 416 g/mol. The zero-order valence-corrected chi connectivity index (χ0v) is 18.4. The Bertz CT molecular complexity index is 1340. The summed E-state index contributed by atoms with van der Waals surface area (Å²) in [5, 5.41) is 0.920. The second-order valence-electron chi connectivity index (χ2n) is 8.15. The van der Waals surface area contributed by atoms with Gasteiger partial charge in [0.15, 0.2) is 9.84 Å². The van der Waals surface area contributed by atoms with Gasteiger partial charge in [0.05, 0.1) is 10.3 Å². The molecule has 0 saturated heterocycles. The zero-order valence-electron chi connectivity index (χ0n) is 17.5. The number of fused-ring (bicyclic) bond motifs is 1. The molecule has 2 aromatic carbocycles. The molecule has 30 heavy (non-hydrogen) atoms. The standard InChI is InChI=1S/C25H24N2O2S/c1-17-10-11-21(16-27-17)18-7-5-8-19(13-18)22-14-20-9-6-12-26-24(20)23(15-22)25(2,3)30(4,28)29/h5-16H,1-4H3. The Labute approximate surface area is 177 Å². The van der Waals surface area contributed by atoms with Crippen LogP contribution in [0.3, 0.4) is 0 Å². The molecule has 0 aliphatic heterocycles. The lowest BCUT2D eigenvalue weighted by Gasteiger charge is -2.25. The highest BCUT2D eigenvalue weighted by molar-refractivity contribution is 7.91. The number of hydrogen-bond donors (Lipinski definition) is 0. The van der Waals surface area contributed by atoms with Gasteiger partial charge in [0.25, 0.3) is 0 Å². The van der Waals surface area contributed by atoms with Crippen LogP contribution in [-0.2, 0) is 14.6 Å². The molecule has 0 aliphatic rings. The van der Waals surface area contributed by atoms with Crippen LogP contribution >= 0.6 is 0 Å². The minimum Gasteiger partial charge on any atom is -0.261 e. The van der Waals surface area contributed by atoms with E-state index in [-0.39, 0.29) is 0 Å². The van der Waals surface area contributed by atoms with Crippen LogP contribution < -0.4 is 0 Å². The summed E-state index contributed by atoms with van der Waals surface area (Å²) in [6.07, 6.45) is 4.85. The fourth-order valence-electron chi connectivity index (χ4n) is 3.53. The van der Waals surface area contributed by atoms with Gasteiger partial charge in [-0.05, 0) is 73.4 Å². The van der Waals surface area contributed by atoms with Crippen molar-refractivity contribution in [1.29, 1.82) is 0 Å². The minimum atomic E-state index is -3.35. The minimum absolute atomic E-state index is 0.709. The van der Waals surface area contributed by atoms with Gasteiger partial charge >= 0.3 is 0 Å². The van der Waals surface area contributed by atoms with Crippen molar-refractivity contribution in [2.45, 2.75) is 25.5 Å². The number of nitrogens with zero attached hydrogens (tertiary/aromatic N) is 2. The first-order valence-electron chi connectivity index (χ1n) is 9.79. The fraction of sp³-hybridized carbons (Fsp3) is 0.200. The van der Waals surface area contributed by atoms with E-state index in [4.69, 9.17) is 0 Å². The van der Waals surface area contributed by atoms with Crippen molar-refractivity contribution in [1.82, 2.24) is 9.97 Å². The van der Waals surface area contributed by atoms with E-state index < -0.39 is 14.6 Å². The SMILES string of the molecule is Cc1ccc(-c2cccc(-c3cc(C(C)(C)S(C)(=O)=O)c4ncccc4c3)c2)cn1. The Hall–Kier alpha value is -3.05. The molecule has 0 aliphatic carbocycles. The van der Waals surface area contributed by atoms with Gasteiger partial charge in [-0.1, -0.05) is 30.3 Å². The molecule has 0 fully saturated rings. The third kappa shape index (κ3) is 3.61. The van der Waals surface area contributed by atoms with Crippen molar-refractivity contribution in [3.63, 3.8) is 0 Å². The molecule has 5 heteroatoms. The smallest absolute Gasteiger partial charge is 0.156 e. The number of aromatic nitrogens is 2. The molecule has 0 amide bonds.